The lowest BCUT2D eigenvalue weighted by molar-refractivity contribution is 0.410. The van der Waals surface area contributed by atoms with E-state index in [2.05, 4.69) is 10.3 Å². The molecule has 2 nitrogen and oxygen atoms in total. The van der Waals surface area contributed by atoms with Crippen molar-refractivity contribution in [1.29, 1.82) is 0 Å². The van der Waals surface area contributed by atoms with Gasteiger partial charge in [0.1, 0.15) is 5.69 Å². The van der Waals surface area contributed by atoms with Crippen molar-refractivity contribution in [3.8, 4) is 0 Å². The maximum absolute atomic E-state index is 13.5. The van der Waals surface area contributed by atoms with Crippen molar-refractivity contribution in [3.63, 3.8) is 0 Å². The molecule has 2 aromatic carbocycles. The van der Waals surface area contributed by atoms with Gasteiger partial charge in [-0.2, -0.15) is 22.5 Å². The summed E-state index contributed by atoms with van der Waals surface area (Å²) in [5.41, 5.74) is -0.145. The molecule has 112 valence electrons. The van der Waals surface area contributed by atoms with Crippen molar-refractivity contribution in [1.82, 2.24) is 4.98 Å². The van der Waals surface area contributed by atoms with Crippen LogP contribution in [0.2, 0.25) is 0 Å². The summed E-state index contributed by atoms with van der Waals surface area (Å²) < 4.78 is 53.0. The predicted molar refractivity (Wildman–Crippen MR) is 75.3 cm³/mol. The standard InChI is InChI=1S/C16H10F4N2/c17-12-14(13(18)16(20)22-15(12)19)21-8-9-5-6-10-3-1-2-4-11(10)7-9/h1-7H,8H2,(H,21,22). The number of hydrogen-bond acceptors (Lipinski definition) is 2. The zero-order chi connectivity index (χ0) is 15.7. The molecule has 6 heteroatoms. The number of nitrogens with one attached hydrogen (secondary N) is 1. The van der Waals surface area contributed by atoms with Gasteiger partial charge in [-0.3, -0.25) is 0 Å². The van der Waals surface area contributed by atoms with Crippen LogP contribution in [0.4, 0.5) is 23.2 Å². The zero-order valence-electron chi connectivity index (χ0n) is 11.2. The molecule has 0 fully saturated rings. The smallest absolute Gasteiger partial charge is 0.253 e. The molecule has 0 bridgehead atoms. The van der Waals surface area contributed by atoms with E-state index in [1.807, 2.05) is 36.4 Å². The molecule has 0 spiro atoms. The molecule has 1 N–H and O–H groups in total. The Bertz CT molecular complexity index is 823. The van der Waals surface area contributed by atoms with Crippen molar-refractivity contribution >= 4 is 16.5 Å². The van der Waals surface area contributed by atoms with Crippen molar-refractivity contribution in [3.05, 3.63) is 71.6 Å². The average molecular weight is 306 g/mol. The molecule has 0 aliphatic heterocycles. The van der Waals surface area contributed by atoms with Gasteiger partial charge in [0.15, 0.2) is 0 Å². The van der Waals surface area contributed by atoms with E-state index < -0.39 is 29.2 Å². The molecule has 1 heterocycles. The highest BCUT2D eigenvalue weighted by Gasteiger charge is 2.20. The number of fused-ring (bicyclic) bond motifs is 1. The minimum atomic E-state index is -1.68. The second-order valence-electron chi connectivity index (χ2n) is 4.73. The summed E-state index contributed by atoms with van der Waals surface area (Å²) in [5, 5.41) is 4.35. The van der Waals surface area contributed by atoms with Crippen LogP contribution in [0, 0.1) is 23.5 Å². The number of benzene rings is 2. The van der Waals surface area contributed by atoms with E-state index in [4.69, 9.17) is 0 Å². The van der Waals surface area contributed by atoms with E-state index in [0.29, 0.717) is 0 Å². The summed E-state index contributed by atoms with van der Waals surface area (Å²) in [7, 11) is 0. The lowest BCUT2D eigenvalue weighted by atomic mass is 10.1. The third-order valence-corrected chi connectivity index (χ3v) is 3.28. The highest BCUT2D eigenvalue weighted by molar-refractivity contribution is 5.83. The number of hydrogen-bond donors (Lipinski definition) is 1. The topological polar surface area (TPSA) is 24.9 Å². The van der Waals surface area contributed by atoms with Crippen LogP contribution in [0.5, 0.6) is 0 Å². The van der Waals surface area contributed by atoms with Gasteiger partial charge in [-0.1, -0.05) is 36.4 Å². The molecule has 0 unspecified atom stereocenters. The Kier molecular flexibility index (Phi) is 3.66. The Labute approximate surface area is 123 Å². The molecule has 3 rings (SSSR count). The highest BCUT2D eigenvalue weighted by Crippen LogP contribution is 2.23. The predicted octanol–water partition coefficient (Wildman–Crippen LogP) is 4.40. The van der Waals surface area contributed by atoms with Gasteiger partial charge in [-0.25, -0.2) is 0 Å². The molecule has 0 aliphatic rings. The van der Waals surface area contributed by atoms with Crippen molar-refractivity contribution < 1.29 is 17.6 Å². The summed E-state index contributed by atoms with van der Waals surface area (Å²) >= 11 is 0. The molecule has 0 radical (unpaired) electrons. The van der Waals surface area contributed by atoms with E-state index in [1.165, 1.54) is 0 Å². The summed E-state index contributed by atoms with van der Waals surface area (Å²) in [6.45, 7) is 0.0154. The Balaban J connectivity index is 1.88. The second-order valence-corrected chi connectivity index (χ2v) is 4.73. The van der Waals surface area contributed by atoms with Gasteiger partial charge in [0, 0.05) is 6.54 Å². The van der Waals surface area contributed by atoms with Crippen molar-refractivity contribution in [2.24, 2.45) is 0 Å². The summed E-state index contributed by atoms with van der Waals surface area (Å²) in [5.74, 6) is -6.45. The fourth-order valence-corrected chi connectivity index (χ4v) is 2.18. The Morgan fingerprint density at radius 2 is 1.45 bits per heavy atom. The van der Waals surface area contributed by atoms with E-state index in [9.17, 15) is 17.6 Å². The van der Waals surface area contributed by atoms with Crippen LogP contribution in [0.1, 0.15) is 5.56 Å². The summed E-state index contributed by atoms with van der Waals surface area (Å²) in [6, 6.07) is 13.0. The first kappa shape index (κ1) is 14.3. The number of anilines is 1. The Morgan fingerprint density at radius 3 is 2.14 bits per heavy atom. The Morgan fingerprint density at radius 1 is 0.818 bits per heavy atom. The third-order valence-electron chi connectivity index (χ3n) is 3.28. The molecule has 0 saturated carbocycles. The van der Waals surface area contributed by atoms with Gasteiger partial charge < -0.3 is 5.32 Å². The molecule has 1 aromatic heterocycles. The van der Waals surface area contributed by atoms with Gasteiger partial charge in [0.05, 0.1) is 0 Å². The molecular weight excluding hydrogens is 296 g/mol. The van der Waals surface area contributed by atoms with Gasteiger partial charge in [-0.15, -0.1) is 0 Å². The molecular formula is C16H10F4N2. The number of rotatable bonds is 3. The zero-order valence-corrected chi connectivity index (χ0v) is 11.2. The van der Waals surface area contributed by atoms with E-state index in [0.717, 1.165) is 16.3 Å². The summed E-state index contributed by atoms with van der Waals surface area (Å²) in [6.07, 6.45) is 0. The largest absolute Gasteiger partial charge is 0.376 e. The van der Waals surface area contributed by atoms with Gasteiger partial charge >= 0.3 is 0 Å². The minimum absolute atomic E-state index is 0.0154. The first-order valence-corrected chi connectivity index (χ1v) is 6.48. The lowest BCUT2D eigenvalue weighted by Crippen LogP contribution is -2.09. The molecule has 22 heavy (non-hydrogen) atoms. The van der Waals surface area contributed by atoms with Crippen LogP contribution in [0.25, 0.3) is 10.8 Å². The maximum Gasteiger partial charge on any atom is 0.253 e. The van der Waals surface area contributed by atoms with E-state index >= 15 is 0 Å². The first-order valence-electron chi connectivity index (χ1n) is 6.48. The molecule has 0 saturated heterocycles. The van der Waals surface area contributed by atoms with Gasteiger partial charge in [-0.05, 0) is 22.4 Å². The van der Waals surface area contributed by atoms with Crippen LogP contribution >= 0.6 is 0 Å². The SMILES string of the molecule is Fc1nc(F)c(F)c(NCc2ccc3ccccc3c2)c1F. The molecule has 0 aliphatic carbocycles. The first-order chi connectivity index (χ1) is 10.6. The lowest BCUT2D eigenvalue weighted by Gasteiger charge is -2.10. The van der Waals surface area contributed by atoms with Gasteiger partial charge in [0.2, 0.25) is 11.6 Å². The third kappa shape index (κ3) is 2.59. The quantitative estimate of drug-likeness (QED) is 0.573. The normalized spacial score (nSPS) is 10.9. The Hall–Kier alpha value is -2.63. The molecule has 3 aromatic rings. The average Bonchev–Trinajstić information content (AvgIpc) is 2.53. The van der Waals surface area contributed by atoms with Crippen molar-refractivity contribution in [2.75, 3.05) is 5.32 Å². The van der Waals surface area contributed by atoms with Crippen LogP contribution in [-0.4, -0.2) is 4.98 Å². The van der Waals surface area contributed by atoms with E-state index in [1.54, 1.807) is 6.07 Å². The van der Waals surface area contributed by atoms with Gasteiger partial charge in [0.25, 0.3) is 11.9 Å². The second kappa shape index (κ2) is 5.63. The van der Waals surface area contributed by atoms with Crippen LogP contribution in [0.3, 0.4) is 0 Å². The van der Waals surface area contributed by atoms with Crippen LogP contribution < -0.4 is 5.32 Å². The van der Waals surface area contributed by atoms with Crippen LogP contribution in [0.15, 0.2) is 42.5 Å². The molecule has 0 atom stereocenters. The molecule has 0 amide bonds. The number of nitrogens with zero attached hydrogens (tertiary/aromatic N) is 1. The van der Waals surface area contributed by atoms with E-state index in [-0.39, 0.29) is 6.54 Å². The monoisotopic (exact) mass is 306 g/mol. The number of pyridine rings is 1. The fraction of sp³-hybridized carbons (Fsp3) is 0.0625. The summed E-state index contributed by atoms with van der Waals surface area (Å²) in [4.78, 5) is 2.51. The maximum atomic E-state index is 13.5. The highest BCUT2D eigenvalue weighted by atomic mass is 19.2. The fourth-order valence-electron chi connectivity index (χ4n) is 2.18. The number of aromatic nitrogens is 1. The minimum Gasteiger partial charge on any atom is -0.376 e. The van der Waals surface area contributed by atoms with Crippen molar-refractivity contribution in [2.45, 2.75) is 6.54 Å². The number of halogens is 4. The van der Waals surface area contributed by atoms with Crippen LogP contribution in [-0.2, 0) is 6.54 Å².